The summed E-state index contributed by atoms with van der Waals surface area (Å²) in [6.07, 6.45) is 2.30. The molecule has 1 N–H and O–H groups in total. The van der Waals surface area contributed by atoms with Gasteiger partial charge in [-0.3, -0.25) is 9.78 Å². The van der Waals surface area contributed by atoms with Gasteiger partial charge in [0.05, 0.1) is 17.3 Å². The number of halogens is 1. The van der Waals surface area contributed by atoms with Crippen LogP contribution in [0.4, 0.5) is 10.1 Å². The lowest BCUT2D eigenvalue weighted by atomic mass is 10.1. The Bertz CT molecular complexity index is 656. The zero-order valence-corrected chi connectivity index (χ0v) is 10.6. The number of nitrogens with zero attached hydrogens (tertiary/aromatic N) is 2. The molecular weight excluding hydrogens is 263 g/mol. The number of pyridine rings is 1. The Kier molecular flexibility index (Phi) is 3.74. The minimum atomic E-state index is -1.05. The molecule has 1 aromatic carbocycles. The molecule has 0 aliphatic carbocycles. The minimum Gasteiger partial charge on any atom is -0.478 e. The molecule has 5 nitrogen and oxygen atoms in total. The van der Waals surface area contributed by atoms with E-state index in [-0.39, 0.29) is 11.1 Å². The lowest BCUT2D eigenvalue weighted by Gasteiger charge is -2.17. The van der Waals surface area contributed by atoms with Crippen LogP contribution in [0.5, 0.6) is 0 Å². The van der Waals surface area contributed by atoms with Gasteiger partial charge in [-0.1, -0.05) is 0 Å². The molecule has 0 unspecified atom stereocenters. The molecule has 1 heterocycles. The molecular formula is C14H11FN2O3. The fraction of sp³-hybridized carbons (Fsp3) is 0.0714. The Morgan fingerprint density at radius 1 is 1.20 bits per heavy atom. The first-order valence-corrected chi connectivity index (χ1v) is 5.71. The van der Waals surface area contributed by atoms with Crippen molar-refractivity contribution in [2.24, 2.45) is 0 Å². The maximum absolute atomic E-state index is 13.5. The van der Waals surface area contributed by atoms with Crippen molar-refractivity contribution in [1.29, 1.82) is 0 Å². The van der Waals surface area contributed by atoms with E-state index in [1.807, 2.05) is 0 Å². The van der Waals surface area contributed by atoms with Gasteiger partial charge in [0.15, 0.2) is 5.82 Å². The molecule has 1 amide bonds. The second-order valence-corrected chi connectivity index (χ2v) is 4.07. The zero-order chi connectivity index (χ0) is 14.7. The second kappa shape index (κ2) is 5.48. The Labute approximate surface area is 114 Å². The molecule has 6 heteroatoms. The molecule has 2 aromatic rings. The van der Waals surface area contributed by atoms with Gasteiger partial charge in [0, 0.05) is 18.9 Å². The SMILES string of the molecule is CN(C(=O)c1ccncc1F)c1ccc(C(=O)O)cc1. The van der Waals surface area contributed by atoms with Crippen molar-refractivity contribution >= 4 is 17.6 Å². The van der Waals surface area contributed by atoms with Gasteiger partial charge in [-0.2, -0.15) is 0 Å². The number of anilines is 1. The minimum absolute atomic E-state index is 0.0928. The number of carboxylic acid groups (broad SMARTS) is 1. The summed E-state index contributed by atoms with van der Waals surface area (Å²) < 4.78 is 13.5. The van der Waals surface area contributed by atoms with Crippen molar-refractivity contribution in [2.75, 3.05) is 11.9 Å². The topological polar surface area (TPSA) is 70.5 Å². The van der Waals surface area contributed by atoms with E-state index in [0.29, 0.717) is 5.69 Å². The highest BCUT2D eigenvalue weighted by molar-refractivity contribution is 6.06. The fourth-order valence-electron chi connectivity index (χ4n) is 1.67. The first-order chi connectivity index (χ1) is 9.50. The molecule has 20 heavy (non-hydrogen) atoms. The quantitative estimate of drug-likeness (QED) is 0.931. The number of hydrogen-bond acceptors (Lipinski definition) is 3. The highest BCUT2D eigenvalue weighted by Gasteiger charge is 2.17. The number of carboxylic acids is 1. The molecule has 0 aliphatic heterocycles. The van der Waals surface area contributed by atoms with Crippen LogP contribution >= 0.6 is 0 Å². The van der Waals surface area contributed by atoms with Gasteiger partial charge in [0.2, 0.25) is 0 Å². The maximum atomic E-state index is 13.5. The molecule has 2 rings (SSSR count). The predicted molar refractivity (Wildman–Crippen MR) is 70.3 cm³/mol. The Morgan fingerprint density at radius 3 is 2.40 bits per heavy atom. The molecule has 0 saturated heterocycles. The van der Waals surface area contributed by atoms with E-state index in [0.717, 1.165) is 6.20 Å². The van der Waals surface area contributed by atoms with Gasteiger partial charge < -0.3 is 10.0 Å². The Balaban J connectivity index is 2.27. The number of hydrogen-bond donors (Lipinski definition) is 1. The third-order valence-electron chi connectivity index (χ3n) is 2.81. The van der Waals surface area contributed by atoms with Crippen LogP contribution < -0.4 is 4.90 Å². The van der Waals surface area contributed by atoms with Crippen molar-refractivity contribution in [3.8, 4) is 0 Å². The summed E-state index contributed by atoms with van der Waals surface area (Å²) in [4.78, 5) is 27.7. The molecule has 0 fully saturated rings. The summed E-state index contributed by atoms with van der Waals surface area (Å²) in [5.41, 5.74) is 0.491. The first kappa shape index (κ1) is 13.7. The summed E-state index contributed by atoms with van der Waals surface area (Å²) in [7, 11) is 1.48. The van der Waals surface area contributed by atoms with E-state index in [2.05, 4.69) is 4.98 Å². The van der Waals surface area contributed by atoms with Crippen LogP contribution in [-0.4, -0.2) is 29.0 Å². The van der Waals surface area contributed by atoms with Gasteiger partial charge >= 0.3 is 5.97 Å². The number of aromatic nitrogens is 1. The number of benzene rings is 1. The third-order valence-corrected chi connectivity index (χ3v) is 2.81. The lowest BCUT2D eigenvalue weighted by molar-refractivity contribution is 0.0696. The van der Waals surface area contributed by atoms with Gasteiger partial charge in [0.25, 0.3) is 5.91 Å². The van der Waals surface area contributed by atoms with Crippen molar-refractivity contribution in [2.45, 2.75) is 0 Å². The Morgan fingerprint density at radius 2 is 1.85 bits per heavy atom. The molecule has 0 atom stereocenters. The molecule has 0 saturated carbocycles. The van der Waals surface area contributed by atoms with E-state index in [1.165, 1.54) is 48.5 Å². The third kappa shape index (κ3) is 2.64. The highest BCUT2D eigenvalue weighted by atomic mass is 19.1. The number of amides is 1. The summed E-state index contributed by atoms with van der Waals surface area (Å²) in [6.45, 7) is 0. The smallest absolute Gasteiger partial charge is 0.335 e. The van der Waals surface area contributed by atoms with Crippen LogP contribution in [0.1, 0.15) is 20.7 Å². The van der Waals surface area contributed by atoms with E-state index in [1.54, 1.807) is 0 Å². The molecule has 0 aliphatic rings. The Hall–Kier alpha value is -2.76. The maximum Gasteiger partial charge on any atom is 0.335 e. The monoisotopic (exact) mass is 274 g/mol. The molecule has 0 spiro atoms. The van der Waals surface area contributed by atoms with Crippen LogP contribution in [0.2, 0.25) is 0 Å². The van der Waals surface area contributed by atoms with E-state index >= 15 is 0 Å². The average molecular weight is 274 g/mol. The molecule has 1 aromatic heterocycles. The van der Waals surface area contributed by atoms with Crippen molar-refractivity contribution < 1.29 is 19.1 Å². The number of rotatable bonds is 3. The van der Waals surface area contributed by atoms with Crippen LogP contribution in [0.15, 0.2) is 42.7 Å². The van der Waals surface area contributed by atoms with Gasteiger partial charge in [0.1, 0.15) is 0 Å². The fourth-order valence-corrected chi connectivity index (χ4v) is 1.67. The zero-order valence-electron chi connectivity index (χ0n) is 10.6. The molecule has 102 valence electrons. The normalized spacial score (nSPS) is 10.1. The van der Waals surface area contributed by atoms with Crippen LogP contribution in [-0.2, 0) is 0 Å². The molecule has 0 radical (unpaired) electrons. The van der Waals surface area contributed by atoms with Gasteiger partial charge in [-0.15, -0.1) is 0 Å². The second-order valence-electron chi connectivity index (χ2n) is 4.07. The largest absolute Gasteiger partial charge is 0.478 e. The standard InChI is InChI=1S/C14H11FN2O3/c1-17(10-4-2-9(3-5-10)14(19)20)13(18)11-6-7-16-8-12(11)15/h2-8H,1H3,(H,19,20). The number of carbonyl (C=O) groups excluding carboxylic acids is 1. The van der Waals surface area contributed by atoms with E-state index in [9.17, 15) is 14.0 Å². The van der Waals surface area contributed by atoms with Gasteiger partial charge in [-0.05, 0) is 30.3 Å². The van der Waals surface area contributed by atoms with Crippen molar-refractivity contribution in [1.82, 2.24) is 4.98 Å². The van der Waals surface area contributed by atoms with Crippen molar-refractivity contribution in [3.63, 3.8) is 0 Å². The summed E-state index contributed by atoms with van der Waals surface area (Å²) in [5, 5.41) is 8.80. The predicted octanol–water partition coefficient (Wildman–Crippen LogP) is 2.20. The average Bonchev–Trinajstić information content (AvgIpc) is 2.46. The summed E-state index contributed by atoms with van der Waals surface area (Å²) in [5.74, 6) is -2.29. The van der Waals surface area contributed by atoms with Crippen LogP contribution in [0.3, 0.4) is 0 Å². The van der Waals surface area contributed by atoms with E-state index < -0.39 is 17.7 Å². The van der Waals surface area contributed by atoms with Gasteiger partial charge in [-0.25, -0.2) is 9.18 Å². The van der Waals surface area contributed by atoms with Crippen LogP contribution in [0.25, 0.3) is 0 Å². The molecule has 0 bridgehead atoms. The lowest BCUT2D eigenvalue weighted by Crippen LogP contribution is -2.27. The van der Waals surface area contributed by atoms with Crippen molar-refractivity contribution in [3.05, 3.63) is 59.7 Å². The number of aromatic carboxylic acids is 1. The number of carbonyl (C=O) groups is 2. The van der Waals surface area contributed by atoms with Crippen LogP contribution in [0, 0.1) is 5.82 Å². The highest BCUT2D eigenvalue weighted by Crippen LogP contribution is 2.17. The van der Waals surface area contributed by atoms with E-state index in [4.69, 9.17) is 5.11 Å². The summed E-state index contributed by atoms with van der Waals surface area (Å²) in [6, 6.07) is 7.02. The summed E-state index contributed by atoms with van der Waals surface area (Å²) >= 11 is 0. The first-order valence-electron chi connectivity index (χ1n) is 5.71.